The lowest BCUT2D eigenvalue weighted by Crippen LogP contribution is -1.96. The van der Waals surface area contributed by atoms with E-state index in [0.29, 0.717) is 0 Å². The molecular formula is C14H17N3. The van der Waals surface area contributed by atoms with E-state index in [1.54, 1.807) is 0 Å². The Morgan fingerprint density at radius 2 is 2.00 bits per heavy atom. The Morgan fingerprint density at radius 1 is 1.12 bits per heavy atom. The zero-order valence-electron chi connectivity index (χ0n) is 10.3. The molecule has 0 spiro atoms. The highest BCUT2D eigenvalue weighted by Crippen LogP contribution is 2.15. The smallest absolute Gasteiger partial charge is 0.128 e. The second-order valence-corrected chi connectivity index (χ2v) is 4.15. The van der Waals surface area contributed by atoms with Gasteiger partial charge in [-0.3, -0.25) is 4.98 Å². The number of aromatic nitrogens is 3. The zero-order valence-corrected chi connectivity index (χ0v) is 10.3. The van der Waals surface area contributed by atoms with Crippen molar-refractivity contribution < 1.29 is 0 Å². The zero-order chi connectivity index (χ0) is 12.1. The van der Waals surface area contributed by atoms with Gasteiger partial charge in [-0.2, -0.15) is 0 Å². The largest absolute Gasteiger partial charge is 0.261 e. The molecule has 2 aromatic heterocycles. The fraction of sp³-hybridized carbons (Fsp3) is 0.357. The number of unbranched alkanes of at least 4 members (excludes halogenated alkanes) is 1. The lowest BCUT2D eigenvalue weighted by Gasteiger charge is -2.03. The molecule has 0 aliphatic heterocycles. The minimum atomic E-state index is 0.921. The average molecular weight is 227 g/mol. The number of nitrogens with zero attached hydrogens (tertiary/aromatic N) is 3. The lowest BCUT2D eigenvalue weighted by atomic mass is 10.2. The summed E-state index contributed by atoms with van der Waals surface area (Å²) >= 11 is 0. The van der Waals surface area contributed by atoms with Crippen molar-refractivity contribution in [3.63, 3.8) is 0 Å². The van der Waals surface area contributed by atoms with E-state index in [4.69, 9.17) is 0 Å². The summed E-state index contributed by atoms with van der Waals surface area (Å²) in [7, 11) is 0. The molecule has 3 nitrogen and oxygen atoms in total. The van der Waals surface area contributed by atoms with E-state index >= 15 is 0 Å². The predicted molar refractivity (Wildman–Crippen MR) is 68.6 cm³/mol. The topological polar surface area (TPSA) is 38.7 Å². The number of aryl methyl sites for hydroxylation is 2. The summed E-state index contributed by atoms with van der Waals surface area (Å²) in [5.41, 5.74) is 3.03. The van der Waals surface area contributed by atoms with E-state index in [9.17, 15) is 0 Å². The Bertz CT molecular complexity index is 477. The van der Waals surface area contributed by atoms with Gasteiger partial charge < -0.3 is 0 Å². The van der Waals surface area contributed by atoms with E-state index in [0.717, 1.165) is 35.6 Å². The van der Waals surface area contributed by atoms with Crippen LogP contribution in [-0.2, 0) is 6.42 Å². The molecule has 0 bridgehead atoms. The van der Waals surface area contributed by atoms with Gasteiger partial charge >= 0.3 is 0 Å². The van der Waals surface area contributed by atoms with Crippen molar-refractivity contribution in [3.8, 4) is 11.3 Å². The summed E-state index contributed by atoms with van der Waals surface area (Å²) in [6.45, 7) is 4.16. The van der Waals surface area contributed by atoms with Gasteiger partial charge in [0.15, 0.2) is 0 Å². The third kappa shape index (κ3) is 3.09. The normalized spacial score (nSPS) is 10.5. The minimum absolute atomic E-state index is 0.921. The van der Waals surface area contributed by atoms with E-state index in [2.05, 4.69) is 21.9 Å². The molecule has 0 aliphatic rings. The van der Waals surface area contributed by atoms with Crippen molar-refractivity contribution in [2.75, 3.05) is 0 Å². The first kappa shape index (κ1) is 11.7. The molecule has 0 saturated heterocycles. The van der Waals surface area contributed by atoms with Crippen LogP contribution in [0.5, 0.6) is 0 Å². The molecule has 88 valence electrons. The highest BCUT2D eigenvalue weighted by atomic mass is 14.9. The van der Waals surface area contributed by atoms with Crippen LogP contribution in [0.3, 0.4) is 0 Å². The Labute approximate surface area is 102 Å². The van der Waals surface area contributed by atoms with Gasteiger partial charge in [0.05, 0.1) is 5.69 Å². The summed E-state index contributed by atoms with van der Waals surface area (Å²) in [6.07, 6.45) is 6.94. The maximum absolute atomic E-state index is 4.56. The molecule has 3 heteroatoms. The van der Waals surface area contributed by atoms with Gasteiger partial charge in [-0.1, -0.05) is 13.3 Å². The van der Waals surface area contributed by atoms with Crippen LogP contribution in [0.2, 0.25) is 0 Å². The van der Waals surface area contributed by atoms with E-state index in [-0.39, 0.29) is 0 Å². The monoisotopic (exact) mass is 227 g/mol. The number of pyridine rings is 1. The molecule has 0 unspecified atom stereocenters. The van der Waals surface area contributed by atoms with Gasteiger partial charge in [0.1, 0.15) is 5.82 Å². The number of hydrogen-bond donors (Lipinski definition) is 0. The van der Waals surface area contributed by atoms with Crippen molar-refractivity contribution in [1.82, 2.24) is 15.0 Å². The maximum Gasteiger partial charge on any atom is 0.128 e. The quantitative estimate of drug-likeness (QED) is 0.805. The molecule has 2 heterocycles. The van der Waals surface area contributed by atoms with Crippen molar-refractivity contribution in [2.24, 2.45) is 0 Å². The summed E-state index contributed by atoms with van der Waals surface area (Å²) in [5.74, 6) is 0.921. The van der Waals surface area contributed by atoms with E-state index in [1.807, 2.05) is 37.5 Å². The molecular weight excluding hydrogens is 210 g/mol. The summed E-state index contributed by atoms with van der Waals surface area (Å²) < 4.78 is 0. The molecule has 0 aromatic carbocycles. The first-order valence-corrected chi connectivity index (χ1v) is 6.04. The Kier molecular flexibility index (Phi) is 3.81. The van der Waals surface area contributed by atoms with Crippen LogP contribution in [0, 0.1) is 6.92 Å². The number of hydrogen-bond acceptors (Lipinski definition) is 3. The molecule has 0 fully saturated rings. The van der Waals surface area contributed by atoms with Crippen molar-refractivity contribution in [1.29, 1.82) is 0 Å². The van der Waals surface area contributed by atoms with Gasteiger partial charge in [0.25, 0.3) is 0 Å². The third-order valence-corrected chi connectivity index (χ3v) is 2.67. The molecule has 0 aliphatic carbocycles. The first-order valence-electron chi connectivity index (χ1n) is 6.04. The van der Waals surface area contributed by atoms with Crippen LogP contribution in [0.25, 0.3) is 11.3 Å². The SMILES string of the molecule is CCCCc1nccc(-c2ccc(C)nc2)n1. The molecule has 0 amide bonds. The predicted octanol–water partition coefficient (Wildman–Crippen LogP) is 3.19. The standard InChI is InChI=1S/C14H17N3/c1-3-4-5-14-15-9-8-13(17-14)12-7-6-11(2)16-10-12/h6-10H,3-5H2,1-2H3. The lowest BCUT2D eigenvalue weighted by molar-refractivity contribution is 0.753. The molecule has 17 heavy (non-hydrogen) atoms. The molecule has 0 radical (unpaired) electrons. The summed E-state index contributed by atoms with van der Waals surface area (Å²) in [4.78, 5) is 13.1. The molecule has 0 atom stereocenters. The van der Waals surface area contributed by atoms with Gasteiger partial charge in [0.2, 0.25) is 0 Å². The van der Waals surface area contributed by atoms with Crippen LogP contribution in [0.15, 0.2) is 30.6 Å². The minimum Gasteiger partial charge on any atom is -0.261 e. The first-order chi connectivity index (χ1) is 8.29. The fourth-order valence-electron chi connectivity index (χ4n) is 1.63. The molecule has 0 N–H and O–H groups in total. The van der Waals surface area contributed by atoms with Crippen LogP contribution >= 0.6 is 0 Å². The van der Waals surface area contributed by atoms with Gasteiger partial charge in [-0.15, -0.1) is 0 Å². The molecule has 2 rings (SSSR count). The second kappa shape index (κ2) is 5.53. The van der Waals surface area contributed by atoms with Crippen molar-refractivity contribution in [2.45, 2.75) is 33.1 Å². The summed E-state index contributed by atoms with van der Waals surface area (Å²) in [5, 5.41) is 0. The maximum atomic E-state index is 4.56. The third-order valence-electron chi connectivity index (χ3n) is 2.67. The number of rotatable bonds is 4. The van der Waals surface area contributed by atoms with Crippen molar-refractivity contribution >= 4 is 0 Å². The molecule has 0 saturated carbocycles. The van der Waals surface area contributed by atoms with Crippen molar-refractivity contribution in [3.05, 3.63) is 42.1 Å². The van der Waals surface area contributed by atoms with E-state index < -0.39 is 0 Å². The van der Waals surface area contributed by atoms with Crippen LogP contribution < -0.4 is 0 Å². The van der Waals surface area contributed by atoms with Crippen LogP contribution in [0.4, 0.5) is 0 Å². The fourth-order valence-corrected chi connectivity index (χ4v) is 1.63. The van der Waals surface area contributed by atoms with Gasteiger partial charge in [0, 0.05) is 30.1 Å². The van der Waals surface area contributed by atoms with Crippen LogP contribution in [-0.4, -0.2) is 15.0 Å². The molecule has 2 aromatic rings. The highest BCUT2D eigenvalue weighted by Gasteiger charge is 2.02. The van der Waals surface area contributed by atoms with E-state index in [1.165, 1.54) is 6.42 Å². The van der Waals surface area contributed by atoms with Gasteiger partial charge in [-0.25, -0.2) is 9.97 Å². The second-order valence-electron chi connectivity index (χ2n) is 4.15. The highest BCUT2D eigenvalue weighted by molar-refractivity contribution is 5.57. The summed E-state index contributed by atoms with van der Waals surface area (Å²) in [6, 6.07) is 5.99. The Morgan fingerprint density at radius 3 is 2.71 bits per heavy atom. The average Bonchev–Trinajstić information content (AvgIpc) is 2.37. The Balaban J connectivity index is 2.23. The Hall–Kier alpha value is -1.77. The van der Waals surface area contributed by atoms with Crippen LogP contribution in [0.1, 0.15) is 31.3 Å². The van der Waals surface area contributed by atoms with Gasteiger partial charge in [-0.05, 0) is 31.5 Å².